The summed E-state index contributed by atoms with van der Waals surface area (Å²) in [7, 11) is 0. The number of benzene rings is 1. The average Bonchev–Trinajstić information content (AvgIpc) is 3.26. The third kappa shape index (κ3) is 7.35. The number of hydrogen-bond acceptors (Lipinski definition) is 2. The monoisotopic (exact) mass is 439 g/mol. The molecule has 3 heteroatoms. The van der Waals surface area contributed by atoms with Crippen molar-refractivity contribution in [3.63, 3.8) is 0 Å². The van der Waals surface area contributed by atoms with E-state index in [-0.39, 0.29) is 6.04 Å². The van der Waals surface area contributed by atoms with Crippen LogP contribution in [0.1, 0.15) is 67.2 Å². The molecule has 0 bridgehead atoms. The van der Waals surface area contributed by atoms with E-state index in [1.807, 2.05) is 11.3 Å². The van der Waals surface area contributed by atoms with E-state index >= 15 is 0 Å². The molecule has 1 aromatic carbocycles. The van der Waals surface area contributed by atoms with Crippen LogP contribution >= 0.6 is 11.3 Å². The van der Waals surface area contributed by atoms with Crippen LogP contribution in [-0.2, 0) is 12.8 Å². The minimum atomic E-state index is -1.29. The van der Waals surface area contributed by atoms with E-state index in [1.165, 1.54) is 47.4 Å². The number of halogens is 1. The van der Waals surface area contributed by atoms with Crippen LogP contribution in [-0.4, -0.2) is 23.2 Å². The number of nitrogens with zero attached hydrogens (tertiary/aromatic N) is 1. The Morgan fingerprint density at radius 1 is 1.06 bits per heavy atom. The quantitative estimate of drug-likeness (QED) is 0.239. The lowest BCUT2D eigenvalue weighted by Crippen LogP contribution is -2.28. The van der Waals surface area contributed by atoms with Gasteiger partial charge in [-0.15, -0.1) is 11.3 Å². The molecule has 2 aromatic rings. The second-order valence-corrected chi connectivity index (χ2v) is 10.5. The zero-order valence-corrected chi connectivity index (χ0v) is 20.1. The van der Waals surface area contributed by atoms with E-state index < -0.39 is 5.67 Å². The second kappa shape index (κ2) is 11.7. The van der Waals surface area contributed by atoms with E-state index in [9.17, 15) is 4.39 Å². The molecule has 0 saturated carbocycles. The maximum absolute atomic E-state index is 14.9. The zero-order chi connectivity index (χ0) is 22.1. The molecular weight excluding hydrogens is 401 g/mol. The molecule has 168 valence electrons. The van der Waals surface area contributed by atoms with E-state index in [0.717, 1.165) is 25.8 Å². The Labute approximate surface area is 192 Å². The van der Waals surface area contributed by atoms with E-state index in [1.54, 1.807) is 6.92 Å². The summed E-state index contributed by atoms with van der Waals surface area (Å²) in [6.07, 6.45) is 14.4. The van der Waals surface area contributed by atoms with Gasteiger partial charge in [0.25, 0.3) is 0 Å². The highest BCUT2D eigenvalue weighted by molar-refractivity contribution is 7.11. The molecule has 0 radical (unpaired) electrons. The van der Waals surface area contributed by atoms with E-state index in [0.29, 0.717) is 12.1 Å². The molecule has 0 spiro atoms. The topological polar surface area (TPSA) is 3.24 Å². The lowest BCUT2D eigenvalue weighted by atomic mass is 10.0. The summed E-state index contributed by atoms with van der Waals surface area (Å²) >= 11 is 1.87. The Balaban J connectivity index is 1.37. The maximum Gasteiger partial charge on any atom is 0.149 e. The number of alkyl halides is 1. The van der Waals surface area contributed by atoms with E-state index in [2.05, 4.69) is 73.0 Å². The first-order valence-corrected chi connectivity index (χ1v) is 12.7. The first-order chi connectivity index (χ1) is 15.0. The predicted molar refractivity (Wildman–Crippen MR) is 134 cm³/mol. The molecule has 1 aliphatic rings. The summed E-state index contributed by atoms with van der Waals surface area (Å²) in [5, 5.41) is 0. The van der Waals surface area contributed by atoms with Crippen molar-refractivity contribution in [2.75, 3.05) is 6.54 Å². The van der Waals surface area contributed by atoms with Gasteiger partial charge in [0.15, 0.2) is 0 Å². The molecular formula is C28H38FNS. The smallest absolute Gasteiger partial charge is 0.149 e. The van der Waals surface area contributed by atoms with Crippen molar-refractivity contribution in [1.29, 1.82) is 0 Å². The van der Waals surface area contributed by atoms with Crippen molar-refractivity contribution in [3.8, 4) is 0 Å². The highest BCUT2D eigenvalue weighted by Crippen LogP contribution is 2.39. The number of aryl methyl sites for hydroxylation is 3. The second-order valence-electron chi connectivity index (χ2n) is 9.09. The molecule has 1 saturated heterocycles. The largest absolute Gasteiger partial charge is 0.366 e. The number of unbranched alkanes of at least 4 members (excludes halogenated alkanes) is 4. The molecule has 2 unspecified atom stereocenters. The van der Waals surface area contributed by atoms with Gasteiger partial charge in [-0.2, -0.15) is 0 Å². The van der Waals surface area contributed by atoms with Gasteiger partial charge in [-0.25, -0.2) is 4.39 Å². The highest BCUT2D eigenvalue weighted by atomic mass is 32.1. The van der Waals surface area contributed by atoms with Gasteiger partial charge in [-0.05, 0) is 70.1 Å². The summed E-state index contributed by atoms with van der Waals surface area (Å²) in [5.74, 6) is 0. The minimum absolute atomic E-state index is 0.144. The lowest BCUT2D eigenvalue weighted by molar-refractivity contribution is 0.241. The fraction of sp³-hybridized carbons (Fsp3) is 0.500. The van der Waals surface area contributed by atoms with Crippen molar-refractivity contribution in [2.24, 2.45) is 0 Å². The van der Waals surface area contributed by atoms with Crippen LogP contribution in [0, 0.1) is 6.92 Å². The Morgan fingerprint density at radius 3 is 2.58 bits per heavy atom. The Morgan fingerprint density at radius 2 is 1.84 bits per heavy atom. The van der Waals surface area contributed by atoms with Gasteiger partial charge in [0.1, 0.15) is 5.67 Å². The predicted octanol–water partition coefficient (Wildman–Crippen LogP) is 8.05. The van der Waals surface area contributed by atoms with Crippen molar-refractivity contribution in [3.05, 3.63) is 82.2 Å². The number of hydrogen-bond donors (Lipinski definition) is 0. The third-order valence-corrected chi connectivity index (χ3v) is 7.41. The number of rotatable bonds is 12. The first kappa shape index (κ1) is 23.8. The molecule has 0 aliphatic carbocycles. The van der Waals surface area contributed by atoms with Crippen LogP contribution in [0.25, 0.3) is 0 Å². The van der Waals surface area contributed by atoms with Gasteiger partial charge in [0.05, 0.1) is 6.04 Å². The molecule has 0 N–H and O–H groups in total. The standard InChI is InChI=1S/C28H38FNS/c1-23-19-20-27(31-23)18-13-21-30-24(2)28(3,29)22-26(30)17-12-7-5-4-6-9-14-25-15-10-8-11-16-25/h8,10-12,15-17,19-20,26H,2,4-7,9,13-14,18,21-22H2,1,3H3/b17-12+. The number of allylic oxidation sites excluding steroid dienone is 2. The van der Waals surface area contributed by atoms with Gasteiger partial charge >= 0.3 is 0 Å². The van der Waals surface area contributed by atoms with Gasteiger partial charge in [-0.3, -0.25) is 0 Å². The average molecular weight is 440 g/mol. The molecule has 1 aliphatic heterocycles. The Kier molecular flexibility index (Phi) is 8.95. The molecule has 0 amide bonds. The summed E-state index contributed by atoms with van der Waals surface area (Å²) in [6.45, 7) is 8.80. The molecule has 1 aromatic heterocycles. The minimum Gasteiger partial charge on any atom is -0.366 e. The fourth-order valence-electron chi connectivity index (χ4n) is 4.48. The summed E-state index contributed by atoms with van der Waals surface area (Å²) in [6, 6.07) is 15.3. The van der Waals surface area contributed by atoms with Crippen molar-refractivity contribution >= 4 is 11.3 Å². The number of thiophene rings is 1. The Bertz CT molecular complexity index is 836. The van der Waals surface area contributed by atoms with Crippen LogP contribution in [0.4, 0.5) is 4.39 Å². The van der Waals surface area contributed by atoms with Crippen molar-refractivity contribution < 1.29 is 4.39 Å². The van der Waals surface area contributed by atoms with E-state index in [4.69, 9.17) is 0 Å². The Hall–Kier alpha value is -1.87. The SMILES string of the molecule is C=C1N(CCCc2ccc(C)s2)C(/C=C/CCCCCCc2ccccc2)CC1(C)F. The zero-order valence-electron chi connectivity index (χ0n) is 19.3. The molecule has 31 heavy (non-hydrogen) atoms. The molecule has 2 atom stereocenters. The van der Waals surface area contributed by atoms with Crippen LogP contribution in [0.15, 0.2) is 66.9 Å². The van der Waals surface area contributed by atoms with Crippen molar-refractivity contribution in [1.82, 2.24) is 4.90 Å². The lowest BCUT2D eigenvalue weighted by Gasteiger charge is -2.26. The van der Waals surface area contributed by atoms with Gasteiger partial charge < -0.3 is 4.90 Å². The van der Waals surface area contributed by atoms with Crippen LogP contribution in [0.5, 0.6) is 0 Å². The van der Waals surface area contributed by atoms with Crippen LogP contribution in [0.2, 0.25) is 0 Å². The molecule has 1 nitrogen and oxygen atoms in total. The highest BCUT2D eigenvalue weighted by Gasteiger charge is 2.42. The molecule has 1 fully saturated rings. The van der Waals surface area contributed by atoms with Gasteiger partial charge in [-0.1, -0.05) is 61.9 Å². The third-order valence-electron chi connectivity index (χ3n) is 6.35. The van der Waals surface area contributed by atoms with Crippen LogP contribution < -0.4 is 0 Å². The summed E-state index contributed by atoms with van der Waals surface area (Å²) < 4.78 is 14.9. The van der Waals surface area contributed by atoms with Gasteiger partial charge in [0, 0.05) is 28.4 Å². The van der Waals surface area contributed by atoms with Gasteiger partial charge in [0.2, 0.25) is 0 Å². The normalized spacial score (nSPS) is 21.5. The number of likely N-dealkylation sites (tertiary alicyclic amines) is 1. The molecule has 2 heterocycles. The van der Waals surface area contributed by atoms with Crippen molar-refractivity contribution in [2.45, 2.75) is 83.3 Å². The fourth-order valence-corrected chi connectivity index (χ4v) is 5.41. The molecule has 3 rings (SSSR count). The first-order valence-electron chi connectivity index (χ1n) is 11.9. The summed E-state index contributed by atoms with van der Waals surface area (Å²) in [5.41, 5.74) is 0.809. The maximum atomic E-state index is 14.9. The summed E-state index contributed by atoms with van der Waals surface area (Å²) in [4.78, 5) is 4.99. The van der Waals surface area contributed by atoms with Crippen LogP contribution in [0.3, 0.4) is 0 Å².